The molecule has 1 amide bonds. The highest BCUT2D eigenvalue weighted by Gasteiger charge is 2.36. The number of aromatic nitrogens is 1. The standard InChI is InChI=1S/C25H30N4O2/c1-28(2)18-12-10-16(11-13-18)25-27-23-21(8-5-9-22(23)31-25)24(30)26-17-14-19-6-4-7-20(15-17)29(19)3/h5,8-13,17,19-20H,4,6-7,14-15H2,1-3H3,(H,26,30). The van der Waals surface area contributed by atoms with Crippen molar-refractivity contribution < 1.29 is 9.21 Å². The van der Waals surface area contributed by atoms with Crippen molar-refractivity contribution in [2.24, 2.45) is 0 Å². The molecule has 2 bridgehead atoms. The van der Waals surface area contributed by atoms with Gasteiger partial charge < -0.3 is 19.5 Å². The van der Waals surface area contributed by atoms with Gasteiger partial charge in [0.15, 0.2) is 5.58 Å². The number of hydrogen-bond donors (Lipinski definition) is 1. The van der Waals surface area contributed by atoms with Crippen LogP contribution in [0.2, 0.25) is 0 Å². The molecule has 2 aromatic carbocycles. The number of piperidine rings is 2. The minimum atomic E-state index is -0.0546. The first-order chi connectivity index (χ1) is 15.0. The average Bonchev–Trinajstić information content (AvgIpc) is 3.19. The van der Waals surface area contributed by atoms with E-state index in [1.165, 1.54) is 19.3 Å². The van der Waals surface area contributed by atoms with Gasteiger partial charge in [-0.1, -0.05) is 12.5 Å². The summed E-state index contributed by atoms with van der Waals surface area (Å²) in [6, 6.07) is 15.0. The highest BCUT2D eigenvalue weighted by molar-refractivity contribution is 6.05. The summed E-state index contributed by atoms with van der Waals surface area (Å²) in [6.45, 7) is 0. The Hall–Kier alpha value is -2.86. The summed E-state index contributed by atoms with van der Waals surface area (Å²) in [5, 5.41) is 3.29. The fraction of sp³-hybridized carbons (Fsp3) is 0.440. The summed E-state index contributed by atoms with van der Waals surface area (Å²) in [5.74, 6) is 0.482. The maximum atomic E-state index is 13.2. The molecule has 2 saturated heterocycles. The molecule has 3 aromatic rings. The number of carbonyl (C=O) groups excluding carboxylic acids is 1. The molecule has 0 aliphatic carbocycles. The van der Waals surface area contributed by atoms with Gasteiger partial charge in [0.25, 0.3) is 5.91 Å². The molecule has 2 aliphatic rings. The fourth-order valence-corrected chi connectivity index (χ4v) is 5.15. The predicted molar refractivity (Wildman–Crippen MR) is 123 cm³/mol. The fourth-order valence-electron chi connectivity index (χ4n) is 5.15. The van der Waals surface area contributed by atoms with Gasteiger partial charge >= 0.3 is 0 Å². The Labute approximate surface area is 183 Å². The molecule has 2 unspecified atom stereocenters. The van der Waals surface area contributed by atoms with Gasteiger partial charge in [-0.3, -0.25) is 4.79 Å². The summed E-state index contributed by atoms with van der Waals surface area (Å²) in [7, 11) is 6.25. The van der Waals surface area contributed by atoms with Gasteiger partial charge in [0.1, 0.15) is 5.52 Å². The number of carbonyl (C=O) groups is 1. The van der Waals surface area contributed by atoms with E-state index < -0.39 is 0 Å². The Balaban J connectivity index is 1.38. The third-order valence-electron chi connectivity index (χ3n) is 6.97. The highest BCUT2D eigenvalue weighted by Crippen LogP contribution is 2.33. The molecule has 0 spiro atoms. The SMILES string of the molecule is CN(C)c1ccc(-c2nc3c(C(=O)NC4CC5CCCC(C4)N5C)cccc3o2)cc1. The number of nitrogens with zero attached hydrogens (tertiary/aromatic N) is 3. The van der Waals surface area contributed by atoms with Gasteiger partial charge in [0.2, 0.25) is 5.89 Å². The van der Waals surface area contributed by atoms with Crippen LogP contribution in [0.1, 0.15) is 42.5 Å². The molecule has 5 rings (SSSR count). The van der Waals surface area contributed by atoms with Gasteiger partial charge in [-0.25, -0.2) is 4.98 Å². The number of amides is 1. The Bertz CT molecular complexity index is 1070. The predicted octanol–water partition coefficient (Wildman–Crippen LogP) is 4.31. The van der Waals surface area contributed by atoms with Crippen LogP contribution < -0.4 is 10.2 Å². The second-order valence-corrected chi connectivity index (χ2v) is 9.16. The molecule has 6 heteroatoms. The normalized spacial score (nSPS) is 23.6. The third kappa shape index (κ3) is 3.81. The second kappa shape index (κ2) is 8.00. The molecule has 3 heterocycles. The minimum absolute atomic E-state index is 0.0546. The molecule has 2 fully saturated rings. The molecule has 6 nitrogen and oxygen atoms in total. The molecule has 162 valence electrons. The number of anilines is 1. The number of fused-ring (bicyclic) bond motifs is 3. The van der Waals surface area contributed by atoms with Crippen molar-refractivity contribution >= 4 is 22.7 Å². The first kappa shape index (κ1) is 20.1. The van der Waals surface area contributed by atoms with Gasteiger partial charge in [-0.2, -0.15) is 0 Å². The van der Waals surface area contributed by atoms with E-state index in [2.05, 4.69) is 22.2 Å². The number of hydrogen-bond acceptors (Lipinski definition) is 5. The van der Waals surface area contributed by atoms with Crippen LogP contribution in [0, 0.1) is 0 Å². The van der Waals surface area contributed by atoms with E-state index in [1.807, 2.05) is 56.6 Å². The summed E-state index contributed by atoms with van der Waals surface area (Å²) < 4.78 is 6.00. The van der Waals surface area contributed by atoms with E-state index in [0.29, 0.717) is 34.6 Å². The van der Waals surface area contributed by atoms with Crippen molar-refractivity contribution in [1.29, 1.82) is 0 Å². The summed E-state index contributed by atoms with van der Waals surface area (Å²) in [5.41, 5.74) is 3.86. The van der Waals surface area contributed by atoms with Crippen molar-refractivity contribution in [3.05, 3.63) is 48.0 Å². The van der Waals surface area contributed by atoms with Crippen molar-refractivity contribution in [2.45, 2.75) is 50.2 Å². The third-order valence-corrected chi connectivity index (χ3v) is 6.97. The summed E-state index contributed by atoms with van der Waals surface area (Å²) in [6.07, 6.45) is 5.81. The lowest BCUT2D eigenvalue weighted by Crippen LogP contribution is -2.55. The van der Waals surface area contributed by atoms with Crippen LogP contribution in [0.5, 0.6) is 0 Å². The Morgan fingerprint density at radius 3 is 2.48 bits per heavy atom. The topological polar surface area (TPSA) is 61.6 Å². The number of nitrogens with one attached hydrogen (secondary N) is 1. The van der Waals surface area contributed by atoms with Gasteiger partial charge in [-0.15, -0.1) is 0 Å². The van der Waals surface area contributed by atoms with E-state index in [1.54, 1.807) is 0 Å². The number of oxazole rings is 1. The largest absolute Gasteiger partial charge is 0.436 e. The average molecular weight is 419 g/mol. The lowest BCUT2D eigenvalue weighted by Gasteiger charge is -2.47. The van der Waals surface area contributed by atoms with Gasteiger partial charge in [0.05, 0.1) is 5.56 Å². The van der Waals surface area contributed by atoms with Crippen LogP contribution in [0.3, 0.4) is 0 Å². The molecule has 2 aliphatic heterocycles. The number of benzene rings is 2. The molecule has 31 heavy (non-hydrogen) atoms. The van der Waals surface area contributed by atoms with E-state index >= 15 is 0 Å². The highest BCUT2D eigenvalue weighted by atomic mass is 16.3. The smallest absolute Gasteiger partial charge is 0.253 e. The van der Waals surface area contributed by atoms with E-state index in [0.717, 1.165) is 24.1 Å². The Morgan fingerprint density at radius 2 is 1.81 bits per heavy atom. The van der Waals surface area contributed by atoms with Crippen LogP contribution >= 0.6 is 0 Å². The minimum Gasteiger partial charge on any atom is -0.436 e. The van der Waals surface area contributed by atoms with Gasteiger partial charge in [0, 0.05) is 43.5 Å². The number of rotatable bonds is 4. The van der Waals surface area contributed by atoms with Crippen LogP contribution in [-0.2, 0) is 0 Å². The monoisotopic (exact) mass is 418 g/mol. The zero-order chi connectivity index (χ0) is 21.5. The van der Waals surface area contributed by atoms with E-state index in [9.17, 15) is 4.79 Å². The van der Waals surface area contributed by atoms with Crippen molar-refractivity contribution in [3.8, 4) is 11.5 Å². The molecule has 2 atom stereocenters. The van der Waals surface area contributed by atoms with Crippen LogP contribution in [0.15, 0.2) is 46.9 Å². The lowest BCUT2D eigenvalue weighted by atomic mass is 9.82. The van der Waals surface area contributed by atoms with Crippen molar-refractivity contribution in [3.63, 3.8) is 0 Å². The van der Waals surface area contributed by atoms with E-state index in [-0.39, 0.29) is 11.9 Å². The molecule has 1 N–H and O–H groups in total. The summed E-state index contributed by atoms with van der Waals surface area (Å²) in [4.78, 5) is 22.4. The van der Waals surface area contributed by atoms with Crippen LogP contribution in [0.25, 0.3) is 22.6 Å². The van der Waals surface area contributed by atoms with Crippen molar-refractivity contribution in [2.75, 3.05) is 26.0 Å². The molecular weight excluding hydrogens is 388 g/mol. The van der Waals surface area contributed by atoms with Gasteiger partial charge in [-0.05, 0) is 69.1 Å². The maximum absolute atomic E-state index is 13.2. The second-order valence-electron chi connectivity index (χ2n) is 9.16. The first-order valence-corrected chi connectivity index (χ1v) is 11.2. The number of para-hydroxylation sites is 1. The maximum Gasteiger partial charge on any atom is 0.253 e. The quantitative estimate of drug-likeness (QED) is 0.684. The van der Waals surface area contributed by atoms with Crippen LogP contribution in [0.4, 0.5) is 5.69 Å². The first-order valence-electron chi connectivity index (χ1n) is 11.2. The van der Waals surface area contributed by atoms with Crippen molar-refractivity contribution in [1.82, 2.24) is 15.2 Å². The lowest BCUT2D eigenvalue weighted by molar-refractivity contribution is 0.0463. The van der Waals surface area contributed by atoms with Crippen LogP contribution in [-0.4, -0.2) is 55.1 Å². The molecule has 0 radical (unpaired) electrons. The van der Waals surface area contributed by atoms with E-state index in [4.69, 9.17) is 9.40 Å². The molecular formula is C25H30N4O2. The molecule has 0 saturated carbocycles. The zero-order valence-electron chi connectivity index (χ0n) is 18.5. The Kier molecular flexibility index (Phi) is 5.18. The zero-order valence-corrected chi connectivity index (χ0v) is 18.5. The molecule has 1 aromatic heterocycles. The summed E-state index contributed by atoms with van der Waals surface area (Å²) >= 11 is 0. The Morgan fingerprint density at radius 1 is 1.10 bits per heavy atom.